The van der Waals surface area contributed by atoms with Gasteiger partial charge in [-0.2, -0.15) is 0 Å². The van der Waals surface area contributed by atoms with Gasteiger partial charge in [0.05, 0.1) is 6.61 Å². The van der Waals surface area contributed by atoms with Gasteiger partial charge in [-0.25, -0.2) is 0 Å². The van der Waals surface area contributed by atoms with Gasteiger partial charge in [-0.15, -0.1) is 0 Å². The van der Waals surface area contributed by atoms with Crippen LogP contribution in [0, 0.1) is 0 Å². The third-order valence-electron chi connectivity index (χ3n) is 3.52. The summed E-state index contributed by atoms with van der Waals surface area (Å²) >= 11 is 0. The summed E-state index contributed by atoms with van der Waals surface area (Å²) in [5.74, 6) is 1.04. The molecule has 0 bridgehead atoms. The number of fused-ring (bicyclic) bond motifs is 4. The number of unbranched alkanes of at least 4 members (excludes halogenated alkanes) is 2. The van der Waals surface area contributed by atoms with E-state index in [0.29, 0.717) is 0 Å². The molecule has 2 aromatic rings. The fraction of sp³-hybridized carbons (Fsp3) is 0.294. The molecule has 0 unspecified atom stereocenters. The van der Waals surface area contributed by atoms with Gasteiger partial charge >= 0.3 is 0 Å². The summed E-state index contributed by atoms with van der Waals surface area (Å²) in [6.07, 6.45) is 3.62. The predicted molar refractivity (Wildman–Crippen MR) is 75.9 cm³/mol. The zero-order valence-electron chi connectivity index (χ0n) is 10.8. The molecule has 0 saturated heterocycles. The van der Waals surface area contributed by atoms with Crippen molar-refractivity contribution in [3.05, 3.63) is 42.5 Å². The molecule has 92 valence electrons. The molecule has 0 saturated carbocycles. The first-order valence-electron chi connectivity index (χ1n) is 6.77. The third-order valence-corrected chi connectivity index (χ3v) is 3.52. The summed E-state index contributed by atoms with van der Waals surface area (Å²) in [5, 5.41) is 0. The Hall–Kier alpha value is -1.76. The second kappa shape index (κ2) is 4.85. The lowest BCUT2D eigenvalue weighted by Gasteiger charge is -2.26. The minimum atomic E-state index is 0.826. The Morgan fingerprint density at radius 1 is 0.833 bits per heavy atom. The highest BCUT2D eigenvalue weighted by Crippen LogP contribution is 2.51. The van der Waals surface area contributed by atoms with Crippen molar-refractivity contribution in [1.82, 2.24) is 0 Å². The van der Waals surface area contributed by atoms with Crippen molar-refractivity contribution >= 4 is 0 Å². The molecule has 0 spiro atoms. The zero-order valence-corrected chi connectivity index (χ0v) is 10.8. The molecule has 2 aromatic carbocycles. The summed E-state index contributed by atoms with van der Waals surface area (Å²) in [7, 11) is 0. The van der Waals surface area contributed by atoms with Gasteiger partial charge in [0.1, 0.15) is 5.75 Å². The molecule has 0 heterocycles. The quantitative estimate of drug-likeness (QED) is 0.574. The minimum absolute atomic E-state index is 0.826. The van der Waals surface area contributed by atoms with Gasteiger partial charge < -0.3 is 4.74 Å². The number of rotatable bonds is 5. The van der Waals surface area contributed by atoms with E-state index in [9.17, 15) is 0 Å². The minimum Gasteiger partial charge on any atom is -0.493 e. The molecular weight excluding hydrogens is 220 g/mol. The van der Waals surface area contributed by atoms with Crippen LogP contribution < -0.4 is 4.74 Å². The van der Waals surface area contributed by atoms with Crippen molar-refractivity contribution in [3.63, 3.8) is 0 Å². The summed E-state index contributed by atoms with van der Waals surface area (Å²) in [6.45, 7) is 3.04. The standard InChI is InChI=1S/C17H18O/c1-2-3-6-12-18-16-11-7-10-15-13-8-4-5-9-14(13)17(15)16/h4-5,7-11H,2-3,6,12H2,1H3. The first-order valence-corrected chi connectivity index (χ1v) is 6.77. The SMILES string of the molecule is CCCCCOc1cccc2c1-c1ccccc1-2. The van der Waals surface area contributed by atoms with E-state index in [1.54, 1.807) is 0 Å². The smallest absolute Gasteiger partial charge is 0.127 e. The number of hydrogen-bond acceptors (Lipinski definition) is 1. The third kappa shape index (κ3) is 1.80. The fourth-order valence-electron chi connectivity index (χ4n) is 2.56. The molecule has 0 atom stereocenters. The Kier molecular flexibility index (Phi) is 3.06. The van der Waals surface area contributed by atoms with Crippen LogP contribution in [0.25, 0.3) is 22.3 Å². The zero-order chi connectivity index (χ0) is 12.4. The largest absolute Gasteiger partial charge is 0.493 e. The van der Waals surface area contributed by atoms with Gasteiger partial charge in [0, 0.05) is 5.56 Å². The average molecular weight is 238 g/mol. The Labute approximate surface area is 108 Å². The van der Waals surface area contributed by atoms with Crippen molar-refractivity contribution in [2.75, 3.05) is 6.61 Å². The van der Waals surface area contributed by atoms with E-state index >= 15 is 0 Å². The summed E-state index contributed by atoms with van der Waals surface area (Å²) in [6, 6.07) is 14.9. The molecule has 18 heavy (non-hydrogen) atoms. The highest BCUT2D eigenvalue weighted by atomic mass is 16.5. The van der Waals surface area contributed by atoms with E-state index < -0.39 is 0 Å². The van der Waals surface area contributed by atoms with Gasteiger partial charge in [-0.05, 0) is 29.2 Å². The monoisotopic (exact) mass is 238 g/mol. The van der Waals surface area contributed by atoms with Crippen LogP contribution in [0.1, 0.15) is 26.2 Å². The molecule has 1 nitrogen and oxygen atoms in total. The first kappa shape index (κ1) is 11.3. The predicted octanol–water partition coefficient (Wildman–Crippen LogP) is 4.90. The summed E-state index contributed by atoms with van der Waals surface area (Å²) < 4.78 is 5.93. The highest BCUT2D eigenvalue weighted by Gasteiger charge is 2.24. The maximum Gasteiger partial charge on any atom is 0.127 e. The molecular formula is C17H18O. The van der Waals surface area contributed by atoms with Crippen LogP contribution in [0.3, 0.4) is 0 Å². The van der Waals surface area contributed by atoms with Gasteiger partial charge in [0.2, 0.25) is 0 Å². The van der Waals surface area contributed by atoms with Gasteiger partial charge in [0.25, 0.3) is 0 Å². The molecule has 0 aliphatic heterocycles. The Morgan fingerprint density at radius 2 is 1.61 bits per heavy atom. The maximum atomic E-state index is 5.93. The fourth-order valence-corrected chi connectivity index (χ4v) is 2.56. The Balaban J connectivity index is 1.80. The molecule has 3 rings (SSSR count). The van der Waals surface area contributed by atoms with Crippen LogP contribution in [0.5, 0.6) is 5.75 Å². The van der Waals surface area contributed by atoms with Crippen molar-refractivity contribution in [2.24, 2.45) is 0 Å². The average Bonchev–Trinajstić information content (AvgIpc) is 2.40. The second-order valence-electron chi connectivity index (χ2n) is 4.78. The van der Waals surface area contributed by atoms with E-state index in [0.717, 1.165) is 18.8 Å². The van der Waals surface area contributed by atoms with E-state index in [-0.39, 0.29) is 0 Å². The second-order valence-corrected chi connectivity index (χ2v) is 4.78. The number of ether oxygens (including phenoxy) is 1. The van der Waals surface area contributed by atoms with Crippen LogP contribution in [0.4, 0.5) is 0 Å². The maximum absolute atomic E-state index is 5.93. The Morgan fingerprint density at radius 3 is 2.44 bits per heavy atom. The van der Waals surface area contributed by atoms with Crippen molar-refractivity contribution < 1.29 is 4.74 Å². The van der Waals surface area contributed by atoms with Crippen LogP contribution in [-0.2, 0) is 0 Å². The van der Waals surface area contributed by atoms with Crippen LogP contribution in [0.2, 0.25) is 0 Å². The van der Waals surface area contributed by atoms with E-state index in [2.05, 4.69) is 49.4 Å². The van der Waals surface area contributed by atoms with Crippen LogP contribution in [-0.4, -0.2) is 6.61 Å². The number of hydrogen-bond donors (Lipinski definition) is 0. The topological polar surface area (TPSA) is 9.23 Å². The normalized spacial score (nSPS) is 11.4. The molecule has 0 amide bonds. The molecule has 1 aliphatic rings. The molecule has 0 aromatic heterocycles. The van der Waals surface area contributed by atoms with Crippen LogP contribution >= 0.6 is 0 Å². The van der Waals surface area contributed by atoms with Gasteiger partial charge in [-0.1, -0.05) is 56.2 Å². The Bertz CT molecular complexity index is 557. The van der Waals surface area contributed by atoms with Crippen molar-refractivity contribution in [1.29, 1.82) is 0 Å². The molecule has 0 N–H and O–H groups in total. The van der Waals surface area contributed by atoms with E-state index in [1.165, 1.54) is 35.1 Å². The van der Waals surface area contributed by atoms with Crippen LogP contribution in [0.15, 0.2) is 42.5 Å². The van der Waals surface area contributed by atoms with Crippen molar-refractivity contribution in [2.45, 2.75) is 26.2 Å². The first-order chi connectivity index (χ1) is 8.92. The highest BCUT2D eigenvalue weighted by molar-refractivity contribution is 6.04. The summed E-state index contributed by atoms with van der Waals surface area (Å²) in [5.41, 5.74) is 5.31. The molecule has 0 radical (unpaired) electrons. The van der Waals surface area contributed by atoms with Gasteiger partial charge in [0.15, 0.2) is 0 Å². The lowest BCUT2D eigenvalue weighted by atomic mass is 9.80. The molecule has 0 fully saturated rings. The lowest BCUT2D eigenvalue weighted by Crippen LogP contribution is -2.04. The van der Waals surface area contributed by atoms with E-state index in [4.69, 9.17) is 4.74 Å². The van der Waals surface area contributed by atoms with Gasteiger partial charge in [-0.3, -0.25) is 0 Å². The molecule has 1 heteroatoms. The lowest BCUT2D eigenvalue weighted by molar-refractivity contribution is 0.307. The van der Waals surface area contributed by atoms with E-state index in [1.807, 2.05) is 0 Å². The van der Waals surface area contributed by atoms with Crippen molar-refractivity contribution in [3.8, 4) is 28.0 Å². The number of benzene rings is 2. The molecule has 1 aliphatic carbocycles. The summed E-state index contributed by atoms with van der Waals surface area (Å²) in [4.78, 5) is 0.